The highest BCUT2D eigenvalue weighted by Gasteiger charge is 2.08. The molecule has 2 amide bonds. The lowest BCUT2D eigenvalue weighted by atomic mass is 10.2. The second kappa shape index (κ2) is 8.21. The second-order valence-electron chi connectivity index (χ2n) is 6.15. The smallest absolute Gasteiger partial charge is 0.319 e. The number of para-hydroxylation sites is 2. The van der Waals surface area contributed by atoms with Gasteiger partial charge in [0, 0.05) is 17.8 Å². The van der Waals surface area contributed by atoms with Gasteiger partial charge in [-0.15, -0.1) is 0 Å². The summed E-state index contributed by atoms with van der Waals surface area (Å²) in [5, 5.41) is 5.72. The van der Waals surface area contributed by atoms with Gasteiger partial charge in [0.25, 0.3) is 0 Å². The van der Waals surface area contributed by atoms with Gasteiger partial charge in [-0.2, -0.15) is 0 Å². The number of amides is 2. The minimum absolute atomic E-state index is 0.249. The highest BCUT2D eigenvalue weighted by atomic mass is 16.5. The fourth-order valence-electron chi connectivity index (χ4n) is 2.61. The van der Waals surface area contributed by atoms with Crippen molar-refractivity contribution in [1.29, 1.82) is 0 Å². The summed E-state index contributed by atoms with van der Waals surface area (Å²) in [6, 6.07) is 23.0. The van der Waals surface area contributed by atoms with E-state index in [9.17, 15) is 4.79 Å². The number of hydrogen-bond acceptors (Lipinski definition) is 2. The van der Waals surface area contributed by atoms with E-state index in [2.05, 4.69) is 10.6 Å². The third-order valence-corrected chi connectivity index (χ3v) is 4.00. The first-order valence-electron chi connectivity index (χ1n) is 8.55. The predicted molar refractivity (Wildman–Crippen MR) is 105 cm³/mol. The first-order chi connectivity index (χ1) is 12.6. The first-order valence-corrected chi connectivity index (χ1v) is 8.55. The Bertz CT molecular complexity index is 906. The lowest BCUT2D eigenvalue weighted by Gasteiger charge is -2.14. The number of carbonyl (C=O) groups excluding carboxylic acids is 1. The third kappa shape index (κ3) is 4.63. The van der Waals surface area contributed by atoms with Crippen molar-refractivity contribution in [2.45, 2.75) is 20.4 Å². The van der Waals surface area contributed by atoms with Crippen molar-refractivity contribution in [2.75, 3.05) is 5.32 Å². The molecule has 3 aromatic carbocycles. The van der Waals surface area contributed by atoms with Gasteiger partial charge in [0.05, 0.1) is 0 Å². The zero-order valence-corrected chi connectivity index (χ0v) is 15.0. The van der Waals surface area contributed by atoms with Crippen LogP contribution in [0.15, 0.2) is 72.8 Å². The molecular weight excluding hydrogens is 324 g/mol. The average molecular weight is 346 g/mol. The van der Waals surface area contributed by atoms with Crippen molar-refractivity contribution in [1.82, 2.24) is 5.32 Å². The number of benzene rings is 3. The van der Waals surface area contributed by atoms with Crippen LogP contribution in [0.3, 0.4) is 0 Å². The van der Waals surface area contributed by atoms with E-state index in [1.54, 1.807) is 0 Å². The highest BCUT2D eigenvalue weighted by molar-refractivity contribution is 5.89. The van der Waals surface area contributed by atoms with E-state index in [-0.39, 0.29) is 6.03 Å². The average Bonchev–Trinajstić information content (AvgIpc) is 2.63. The largest absolute Gasteiger partial charge is 0.457 e. The number of anilines is 1. The molecule has 2 N–H and O–H groups in total. The molecule has 0 aliphatic rings. The molecule has 3 rings (SSSR count). The van der Waals surface area contributed by atoms with Crippen molar-refractivity contribution in [3.63, 3.8) is 0 Å². The number of ether oxygens (including phenoxy) is 1. The number of rotatable bonds is 5. The SMILES string of the molecule is Cc1cccc(NC(=O)NCc2ccccc2Oc2ccccc2C)c1. The Balaban J connectivity index is 1.65. The van der Waals surface area contributed by atoms with Crippen LogP contribution in [0.5, 0.6) is 11.5 Å². The van der Waals surface area contributed by atoms with Crippen LogP contribution in [0.25, 0.3) is 0 Å². The second-order valence-corrected chi connectivity index (χ2v) is 6.15. The van der Waals surface area contributed by atoms with Gasteiger partial charge >= 0.3 is 6.03 Å². The standard InChI is InChI=1S/C22H22N2O2/c1-16-8-7-11-19(14-16)24-22(25)23-15-18-10-4-6-13-21(18)26-20-12-5-3-9-17(20)2/h3-14H,15H2,1-2H3,(H2,23,24,25). The summed E-state index contributed by atoms with van der Waals surface area (Å²) in [5.74, 6) is 1.54. The van der Waals surface area contributed by atoms with Crippen LogP contribution in [-0.4, -0.2) is 6.03 Å². The molecule has 26 heavy (non-hydrogen) atoms. The molecule has 132 valence electrons. The van der Waals surface area contributed by atoms with Gasteiger partial charge in [-0.25, -0.2) is 4.79 Å². The molecule has 0 bridgehead atoms. The zero-order valence-electron chi connectivity index (χ0n) is 15.0. The lowest BCUT2D eigenvalue weighted by Crippen LogP contribution is -2.28. The van der Waals surface area contributed by atoms with Crippen LogP contribution >= 0.6 is 0 Å². The van der Waals surface area contributed by atoms with E-state index in [4.69, 9.17) is 4.74 Å². The molecule has 0 aliphatic heterocycles. The molecule has 4 nitrogen and oxygen atoms in total. The molecule has 0 aromatic heterocycles. The third-order valence-electron chi connectivity index (χ3n) is 4.00. The first kappa shape index (κ1) is 17.5. The maximum Gasteiger partial charge on any atom is 0.319 e. The highest BCUT2D eigenvalue weighted by Crippen LogP contribution is 2.27. The minimum atomic E-state index is -0.249. The van der Waals surface area contributed by atoms with E-state index in [0.717, 1.165) is 33.9 Å². The molecule has 0 unspecified atom stereocenters. The molecule has 0 aliphatic carbocycles. The normalized spacial score (nSPS) is 10.2. The lowest BCUT2D eigenvalue weighted by molar-refractivity contribution is 0.251. The van der Waals surface area contributed by atoms with Crippen molar-refractivity contribution in [2.24, 2.45) is 0 Å². The Kier molecular flexibility index (Phi) is 5.54. The summed E-state index contributed by atoms with van der Waals surface area (Å²) in [7, 11) is 0. The van der Waals surface area contributed by atoms with Crippen molar-refractivity contribution >= 4 is 11.7 Å². The van der Waals surface area contributed by atoms with E-state index < -0.39 is 0 Å². The molecule has 4 heteroatoms. The number of hydrogen-bond donors (Lipinski definition) is 2. The van der Waals surface area contributed by atoms with Crippen LogP contribution in [0, 0.1) is 13.8 Å². The molecule has 0 saturated heterocycles. The molecule has 0 radical (unpaired) electrons. The van der Waals surface area contributed by atoms with Gasteiger partial charge in [-0.1, -0.05) is 48.5 Å². The van der Waals surface area contributed by atoms with E-state index >= 15 is 0 Å². The molecule has 0 saturated carbocycles. The topological polar surface area (TPSA) is 50.4 Å². The van der Waals surface area contributed by atoms with Gasteiger partial charge in [0.1, 0.15) is 11.5 Å². The van der Waals surface area contributed by atoms with Gasteiger partial charge in [-0.3, -0.25) is 0 Å². The van der Waals surface area contributed by atoms with Crippen LogP contribution < -0.4 is 15.4 Å². The van der Waals surface area contributed by atoms with Gasteiger partial charge in [0.15, 0.2) is 0 Å². The van der Waals surface area contributed by atoms with E-state index in [1.807, 2.05) is 86.6 Å². The summed E-state index contributed by atoms with van der Waals surface area (Å²) in [5.41, 5.74) is 3.84. The number of nitrogens with one attached hydrogen (secondary N) is 2. The summed E-state index contributed by atoms with van der Waals surface area (Å²) < 4.78 is 6.03. The molecular formula is C22H22N2O2. The maximum absolute atomic E-state index is 12.2. The fraction of sp³-hybridized carbons (Fsp3) is 0.136. The Morgan fingerprint density at radius 3 is 2.38 bits per heavy atom. The Hall–Kier alpha value is -3.27. The minimum Gasteiger partial charge on any atom is -0.457 e. The van der Waals surface area contributed by atoms with E-state index in [0.29, 0.717) is 6.54 Å². The predicted octanol–water partition coefficient (Wildman–Crippen LogP) is 5.42. The number of aryl methyl sites for hydroxylation is 2. The molecule has 0 heterocycles. The zero-order chi connectivity index (χ0) is 18.4. The monoisotopic (exact) mass is 346 g/mol. The van der Waals surface area contributed by atoms with Crippen LogP contribution in [0.4, 0.5) is 10.5 Å². The van der Waals surface area contributed by atoms with Crippen LogP contribution in [-0.2, 0) is 6.54 Å². The Labute approximate surface area is 153 Å². The Morgan fingerprint density at radius 1 is 0.885 bits per heavy atom. The van der Waals surface area contributed by atoms with Crippen LogP contribution in [0.2, 0.25) is 0 Å². The van der Waals surface area contributed by atoms with E-state index in [1.165, 1.54) is 0 Å². The Morgan fingerprint density at radius 2 is 1.62 bits per heavy atom. The van der Waals surface area contributed by atoms with Gasteiger partial charge < -0.3 is 15.4 Å². The van der Waals surface area contributed by atoms with Gasteiger partial charge in [-0.05, 0) is 49.2 Å². The van der Waals surface area contributed by atoms with Crippen molar-refractivity contribution < 1.29 is 9.53 Å². The molecule has 3 aromatic rings. The number of carbonyl (C=O) groups is 1. The summed E-state index contributed by atoms with van der Waals surface area (Å²) in [6.45, 7) is 4.37. The van der Waals surface area contributed by atoms with Gasteiger partial charge in [0.2, 0.25) is 0 Å². The molecule has 0 spiro atoms. The van der Waals surface area contributed by atoms with Crippen molar-refractivity contribution in [3.8, 4) is 11.5 Å². The summed E-state index contributed by atoms with van der Waals surface area (Å²) in [6.07, 6.45) is 0. The maximum atomic E-state index is 12.2. The van der Waals surface area contributed by atoms with Crippen molar-refractivity contribution in [3.05, 3.63) is 89.5 Å². The quantitative estimate of drug-likeness (QED) is 0.648. The fourth-order valence-corrected chi connectivity index (χ4v) is 2.61. The summed E-state index contributed by atoms with van der Waals surface area (Å²) in [4.78, 5) is 12.2. The molecule has 0 fully saturated rings. The summed E-state index contributed by atoms with van der Waals surface area (Å²) >= 11 is 0. The number of urea groups is 1. The molecule has 0 atom stereocenters. The van der Waals surface area contributed by atoms with Crippen LogP contribution in [0.1, 0.15) is 16.7 Å².